The van der Waals surface area contributed by atoms with Gasteiger partial charge in [-0.1, -0.05) is 54.6 Å². The number of para-hydroxylation sites is 1. The molecule has 3 aromatic carbocycles. The molecular weight excluding hydrogens is 310 g/mol. The van der Waals surface area contributed by atoms with Crippen molar-refractivity contribution in [3.8, 4) is 0 Å². The SMILES string of the molecule is Cc1ccccc1/C=C(\S)c1ccc(N(C)c2ccccc2)cc1. The first-order chi connectivity index (χ1) is 11.6. The number of aryl methyl sites for hydroxylation is 1. The molecule has 0 saturated heterocycles. The summed E-state index contributed by atoms with van der Waals surface area (Å²) in [5.74, 6) is 0. The monoisotopic (exact) mass is 331 g/mol. The lowest BCUT2D eigenvalue weighted by atomic mass is 10.1. The average molecular weight is 331 g/mol. The highest BCUT2D eigenvalue weighted by Crippen LogP contribution is 2.27. The lowest BCUT2D eigenvalue weighted by Crippen LogP contribution is -2.08. The van der Waals surface area contributed by atoms with E-state index in [1.54, 1.807) is 0 Å². The standard InChI is InChI=1S/C22H21NS/c1-17-8-6-7-9-19(17)16-22(24)18-12-14-21(15-13-18)23(2)20-10-4-3-5-11-20/h3-16,24H,1-2H3/b22-16-. The number of rotatable bonds is 4. The molecule has 0 unspecified atom stereocenters. The third-order valence-corrected chi connectivity index (χ3v) is 4.56. The van der Waals surface area contributed by atoms with Gasteiger partial charge in [0.05, 0.1) is 0 Å². The van der Waals surface area contributed by atoms with E-state index in [-0.39, 0.29) is 0 Å². The van der Waals surface area contributed by atoms with Gasteiger partial charge >= 0.3 is 0 Å². The third-order valence-electron chi connectivity index (χ3n) is 4.17. The Morgan fingerprint density at radius 1 is 0.792 bits per heavy atom. The molecule has 3 rings (SSSR count). The van der Waals surface area contributed by atoms with Crippen LogP contribution in [0.25, 0.3) is 11.0 Å². The van der Waals surface area contributed by atoms with Crippen molar-refractivity contribution >= 4 is 35.0 Å². The van der Waals surface area contributed by atoms with Crippen LogP contribution in [-0.2, 0) is 0 Å². The first kappa shape index (κ1) is 16.4. The minimum Gasteiger partial charge on any atom is -0.345 e. The van der Waals surface area contributed by atoms with Gasteiger partial charge in [-0.15, -0.1) is 12.6 Å². The molecule has 0 N–H and O–H groups in total. The Labute approximate surface area is 149 Å². The average Bonchev–Trinajstić information content (AvgIpc) is 2.64. The second-order valence-corrected chi connectivity index (χ2v) is 6.31. The van der Waals surface area contributed by atoms with Crippen LogP contribution in [0.15, 0.2) is 78.9 Å². The quantitative estimate of drug-likeness (QED) is 0.440. The first-order valence-corrected chi connectivity index (χ1v) is 8.45. The molecular formula is C22H21NS. The summed E-state index contributed by atoms with van der Waals surface area (Å²) in [5.41, 5.74) is 5.90. The van der Waals surface area contributed by atoms with E-state index < -0.39 is 0 Å². The van der Waals surface area contributed by atoms with E-state index in [0.29, 0.717) is 0 Å². The summed E-state index contributed by atoms with van der Waals surface area (Å²) in [7, 11) is 2.08. The van der Waals surface area contributed by atoms with Gasteiger partial charge in [0.25, 0.3) is 0 Å². The molecule has 2 heteroatoms. The summed E-state index contributed by atoms with van der Waals surface area (Å²) in [5, 5.41) is 0. The second kappa shape index (κ2) is 7.41. The molecule has 0 aliphatic rings. The van der Waals surface area contributed by atoms with Crippen molar-refractivity contribution in [2.45, 2.75) is 6.92 Å². The van der Waals surface area contributed by atoms with Gasteiger partial charge in [0, 0.05) is 23.3 Å². The largest absolute Gasteiger partial charge is 0.345 e. The van der Waals surface area contributed by atoms with Crippen molar-refractivity contribution in [1.29, 1.82) is 0 Å². The highest BCUT2D eigenvalue weighted by Gasteiger charge is 2.04. The van der Waals surface area contributed by atoms with E-state index in [1.807, 2.05) is 6.07 Å². The van der Waals surface area contributed by atoms with Crippen molar-refractivity contribution < 1.29 is 0 Å². The Kier molecular flexibility index (Phi) is 5.07. The van der Waals surface area contributed by atoms with Gasteiger partial charge in [0.2, 0.25) is 0 Å². The summed E-state index contributed by atoms with van der Waals surface area (Å²) < 4.78 is 0. The van der Waals surface area contributed by atoms with Crippen LogP contribution in [0.5, 0.6) is 0 Å². The lowest BCUT2D eigenvalue weighted by Gasteiger charge is -2.19. The third kappa shape index (κ3) is 3.72. The lowest BCUT2D eigenvalue weighted by molar-refractivity contribution is 1.21. The van der Waals surface area contributed by atoms with Crippen molar-refractivity contribution in [2.75, 3.05) is 11.9 Å². The van der Waals surface area contributed by atoms with Gasteiger partial charge in [-0.05, 0) is 54.0 Å². The number of hydrogen-bond acceptors (Lipinski definition) is 2. The van der Waals surface area contributed by atoms with Crippen molar-refractivity contribution in [3.05, 3.63) is 95.6 Å². The Morgan fingerprint density at radius 3 is 2.04 bits per heavy atom. The van der Waals surface area contributed by atoms with Crippen LogP contribution < -0.4 is 4.90 Å². The zero-order chi connectivity index (χ0) is 16.9. The molecule has 120 valence electrons. The highest BCUT2D eigenvalue weighted by molar-refractivity contribution is 7.90. The van der Waals surface area contributed by atoms with E-state index >= 15 is 0 Å². The minimum absolute atomic E-state index is 0.971. The molecule has 0 amide bonds. The predicted octanol–water partition coefficient (Wildman–Crippen LogP) is 6.19. The Morgan fingerprint density at radius 2 is 1.38 bits per heavy atom. The van der Waals surface area contributed by atoms with E-state index in [4.69, 9.17) is 0 Å². The van der Waals surface area contributed by atoms with E-state index in [9.17, 15) is 0 Å². The zero-order valence-electron chi connectivity index (χ0n) is 14.0. The summed E-state index contributed by atoms with van der Waals surface area (Å²) in [6.45, 7) is 2.12. The van der Waals surface area contributed by atoms with E-state index in [2.05, 4.69) is 110 Å². The van der Waals surface area contributed by atoms with Gasteiger partial charge in [-0.3, -0.25) is 0 Å². The highest BCUT2D eigenvalue weighted by atomic mass is 32.1. The van der Waals surface area contributed by atoms with Gasteiger partial charge < -0.3 is 4.90 Å². The fourth-order valence-electron chi connectivity index (χ4n) is 2.64. The molecule has 1 nitrogen and oxygen atoms in total. The zero-order valence-corrected chi connectivity index (χ0v) is 14.9. The maximum Gasteiger partial charge on any atom is 0.0408 e. The molecule has 0 heterocycles. The Bertz CT molecular complexity index is 835. The van der Waals surface area contributed by atoms with Crippen LogP contribution in [-0.4, -0.2) is 7.05 Å². The van der Waals surface area contributed by atoms with Gasteiger partial charge in [-0.2, -0.15) is 0 Å². The normalized spacial score (nSPS) is 11.4. The van der Waals surface area contributed by atoms with Gasteiger partial charge in [-0.25, -0.2) is 0 Å². The van der Waals surface area contributed by atoms with Crippen LogP contribution in [0.4, 0.5) is 11.4 Å². The van der Waals surface area contributed by atoms with Gasteiger partial charge in [0.1, 0.15) is 0 Å². The number of nitrogens with zero attached hydrogens (tertiary/aromatic N) is 1. The molecule has 0 fully saturated rings. The molecule has 24 heavy (non-hydrogen) atoms. The Balaban J connectivity index is 1.83. The molecule has 0 radical (unpaired) electrons. The number of thiol groups is 1. The van der Waals surface area contributed by atoms with Crippen LogP contribution in [0.1, 0.15) is 16.7 Å². The molecule has 0 saturated carbocycles. The van der Waals surface area contributed by atoms with E-state index in [1.165, 1.54) is 16.8 Å². The van der Waals surface area contributed by atoms with Crippen molar-refractivity contribution in [2.24, 2.45) is 0 Å². The maximum absolute atomic E-state index is 4.68. The smallest absolute Gasteiger partial charge is 0.0408 e. The number of anilines is 2. The molecule has 0 atom stereocenters. The topological polar surface area (TPSA) is 3.24 Å². The maximum atomic E-state index is 4.68. The molecule has 0 spiro atoms. The van der Waals surface area contributed by atoms with Crippen LogP contribution in [0.2, 0.25) is 0 Å². The fourth-order valence-corrected chi connectivity index (χ4v) is 2.92. The first-order valence-electron chi connectivity index (χ1n) is 8.00. The summed E-state index contributed by atoms with van der Waals surface area (Å²) in [6, 6.07) is 27.2. The molecule has 0 aliphatic heterocycles. The van der Waals surface area contributed by atoms with Crippen molar-refractivity contribution in [3.63, 3.8) is 0 Å². The number of hydrogen-bond donors (Lipinski definition) is 1. The minimum atomic E-state index is 0.971. The summed E-state index contributed by atoms with van der Waals surface area (Å²) >= 11 is 4.68. The molecule has 0 aromatic heterocycles. The fraction of sp³-hybridized carbons (Fsp3) is 0.0909. The van der Waals surface area contributed by atoms with Crippen molar-refractivity contribution in [1.82, 2.24) is 0 Å². The second-order valence-electron chi connectivity index (χ2n) is 5.83. The summed E-state index contributed by atoms with van der Waals surface area (Å²) in [4.78, 5) is 3.14. The van der Waals surface area contributed by atoms with Crippen LogP contribution in [0, 0.1) is 6.92 Å². The predicted molar refractivity (Wildman–Crippen MR) is 109 cm³/mol. The number of benzene rings is 3. The van der Waals surface area contributed by atoms with Crippen LogP contribution >= 0.6 is 12.6 Å². The molecule has 0 aliphatic carbocycles. The van der Waals surface area contributed by atoms with E-state index in [0.717, 1.165) is 16.2 Å². The van der Waals surface area contributed by atoms with Gasteiger partial charge in [0.15, 0.2) is 0 Å². The molecule has 3 aromatic rings. The van der Waals surface area contributed by atoms with Crippen LogP contribution in [0.3, 0.4) is 0 Å². The Hall–Kier alpha value is -2.45. The molecule has 0 bridgehead atoms. The summed E-state index contributed by atoms with van der Waals surface area (Å²) in [6.07, 6.45) is 2.12.